The molecule has 0 aromatic carbocycles. The van der Waals surface area contributed by atoms with Crippen molar-refractivity contribution in [2.45, 2.75) is 89.5 Å². The highest BCUT2D eigenvalue weighted by atomic mass is 28.4. The van der Waals surface area contributed by atoms with Crippen LogP contribution in [0, 0.1) is 41.9 Å². The van der Waals surface area contributed by atoms with Crippen LogP contribution in [0.15, 0.2) is 0 Å². The highest BCUT2D eigenvalue weighted by molar-refractivity contribution is 6.74. The van der Waals surface area contributed by atoms with E-state index in [1.54, 1.807) is 0 Å². The number of fused-ring (bicyclic) bond motifs is 2. The number of terminal acetylenes is 1. The van der Waals surface area contributed by atoms with E-state index in [2.05, 4.69) is 51.6 Å². The lowest BCUT2D eigenvalue weighted by molar-refractivity contribution is -0.154. The minimum atomic E-state index is -2.10. The van der Waals surface area contributed by atoms with Crippen molar-refractivity contribution in [2.24, 2.45) is 17.8 Å². The van der Waals surface area contributed by atoms with Crippen molar-refractivity contribution in [2.75, 3.05) is 13.2 Å². The van der Waals surface area contributed by atoms with Crippen LogP contribution < -0.4 is 0 Å². The van der Waals surface area contributed by atoms with Crippen molar-refractivity contribution < 1.29 is 23.4 Å². The maximum Gasteiger partial charge on any atom is 0.309 e. The maximum absolute atomic E-state index is 12.5. The summed E-state index contributed by atoms with van der Waals surface area (Å²) in [5, 5.41) is 0.0400. The number of ether oxygens (including phenoxy) is 3. The van der Waals surface area contributed by atoms with Crippen LogP contribution in [0.3, 0.4) is 0 Å². The summed E-state index contributed by atoms with van der Waals surface area (Å²) in [4.78, 5) is 12.5. The smallest absolute Gasteiger partial charge is 0.309 e. The molecule has 2 heterocycles. The van der Waals surface area contributed by atoms with Gasteiger partial charge >= 0.3 is 5.97 Å². The zero-order valence-electron chi connectivity index (χ0n) is 19.0. The van der Waals surface area contributed by atoms with Gasteiger partial charge in [-0.1, -0.05) is 38.5 Å². The molecule has 0 aromatic rings. The van der Waals surface area contributed by atoms with Crippen molar-refractivity contribution in [1.29, 1.82) is 0 Å². The van der Waals surface area contributed by atoms with Crippen LogP contribution in [0.1, 0.15) is 52.9 Å². The molecule has 2 aliphatic heterocycles. The molecular formula is C24H36O5Si. The fourth-order valence-corrected chi connectivity index (χ4v) is 5.41. The zero-order chi connectivity index (χ0) is 21.9. The van der Waals surface area contributed by atoms with Crippen LogP contribution in [0.25, 0.3) is 0 Å². The highest BCUT2D eigenvalue weighted by Crippen LogP contribution is 2.46. The second-order valence-electron chi connectivity index (χ2n) is 10.2. The van der Waals surface area contributed by atoms with Gasteiger partial charge in [-0.25, -0.2) is 0 Å². The third-order valence-corrected chi connectivity index (χ3v) is 11.6. The Labute approximate surface area is 182 Å². The first-order chi connectivity index (χ1) is 14.1. The highest BCUT2D eigenvalue weighted by Gasteiger charge is 2.52. The molecule has 6 atom stereocenters. The molecule has 1 aliphatic carbocycles. The molecular weight excluding hydrogens is 396 g/mol. The number of rotatable bonds is 5. The van der Waals surface area contributed by atoms with E-state index in [0.29, 0.717) is 19.4 Å². The Hall–Kier alpha value is -1.31. The first kappa shape index (κ1) is 23.4. The Morgan fingerprint density at radius 2 is 2.03 bits per heavy atom. The summed E-state index contributed by atoms with van der Waals surface area (Å²) >= 11 is 0. The second-order valence-corrected chi connectivity index (χ2v) is 15.0. The molecule has 3 aliphatic rings. The average molecular weight is 433 g/mol. The van der Waals surface area contributed by atoms with Crippen LogP contribution >= 0.6 is 0 Å². The van der Waals surface area contributed by atoms with Gasteiger partial charge in [0.1, 0.15) is 18.8 Å². The van der Waals surface area contributed by atoms with E-state index in [4.69, 9.17) is 25.1 Å². The van der Waals surface area contributed by atoms with Gasteiger partial charge < -0.3 is 18.6 Å². The number of carbonyl (C=O) groups is 1. The van der Waals surface area contributed by atoms with Gasteiger partial charge in [0.2, 0.25) is 0 Å². The maximum atomic E-state index is 12.5. The van der Waals surface area contributed by atoms with Gasteiger partial charge in [0.25, 0.3) is 0 Å². The van der Waals surface area contributed by atoms with Gasteiger partial charge in [0, 0.05) is 12.5 Å². The standard InChI is InChI=1S/C24H36O5Si/c1-7-17-15-18(19-16-21(17)28-23(19)25)20(29-30(5,6)24(2,3)4)11-10-14-27-22-12-8-9-13-26-22/h1,17-22H,8-9,12-16H2,2-6H3/t17-,18+,19+,20-,21-,22?/m1/s1. The molecule has 0 aromatic heterocycles. The molecule has 3 fully saturated rings. The minimum Gasteiger partial charge on any atom is -0.461 e. The number of hydrogen-bond acceptors (Lipinski definition) is 5. The number of hydrogen-bond donors (Lipinski definition) is 0. The Balaban J connectivity index is 1.76. The summed E-state index contributed by atoms with van der Waals surface area (Å²) in [6, 6.07) is 0. The lowest BCUT2D eigenvalue weighted by atomic mass is 9.72. The van der Waals surface area contributed by atoms with Gasteiger partial charge in [-0.15, -0.1) is 6.42 Å². The first-order valence-electron chi connectivity index (χ1n) is 11.2. The Morgan fingerprint density at radius 3 is 2.67 bits per heavy atom. The fourth-order valence-electron chi connectivity index (χ4n) is 4.18. The summed E-state index contributed by atoms with van der Waals surface area (Å²) in [7, 11) is -2.10. The predicted molar refractivity (Wildman–Crippen MR) is 118 cm³/mol. The topological polar surface area (TPSA) is 54.0 Å². The van der Waals surface area contributed by atoms with Gasteiger partial charge in [-0.2, -0.15) is 0 Å². The molecule has 2 bridgehead atoms. The van der Waals surface area contributed by atoms with Crippen molar-refractivity contribution in [1.82, 2.24) is 0 Å². The Kier molecular flexibility index (Phi) is 7.35. The van der Waals surface area contributed by atoms with E-state index < -0.39 is 8.32 Å². The number of esters is 1. The number of carbonyl (C=O) groups excluding carboxylic acids is 1. The van der Waals surface area contributed by atoms with Crippen LogP contribution in [0.5, 0.6) is 0 Å². The average Bonchev–Trinajstić information content (AvgIpc) is 3.01. The molecule has 5 nitrogen and oxygen atoms in total. The van der Waals surface area contributed by atoms with Gasteiger partial charge in [-0.05, 0) is 50.2 Å². The summed E-state index contributed by atoms with van der Waals surface area (Å²) in [6.07, 6.45) is 9.57. The van der Waals surface area contributed by atoms with E-state index >= 15 is 0 Å². The van der Waals surface area contributed by atoms with Crippen LogP contribution in [0.2, 0.25) is 18.1 Å². The minimum absolute atomic E-state index is 0.0400. The van der Waals surface area contributed by atoms with Crippen LogP contribution in [-0.4, -0.2) is 46.0 Å². The molecule has 30 heavy (non-hydrogen) atoms. The fraction of sp³-hybridized carbons (Fsp3) is 0.792. The van der Waals surface area contributed by atoms with Crippen LogP contribution in [-0.2, 0) is 23.4 Å². The predicted octanol–water partition coefficient (Wildman–Crippen LogP) is 4.12. The van der Waals surface area contributed by atoms with E-state index in [1.165, 1.54) is 0 Å². The third kappa shape index (κ3) is 5.29. The molecule has 0 N–H and O–H groups in total. The van der Waals surface area contributed by atoms with E-state index in [1.807, 2.05) is 0 Å². The van der Waals surface area contributed by atoms with Crippen molar-refractivity contribution in [3.05, 3.63) is 0 Å². The molecule has 0 amide bonds. The lowest BCUT2D eigenvalue weighted by Gasteiger charge is -2.41. The Morgan fingerprint density at radius 1 is 1.27 bits per heavy atom. The van der Waals surface area contributed by atoms with Crippen molar-refractivity contribution >= 4 is 14.3 Å². The zero-order valence-corrected chi connectivity index (χ0v) is 20.0. The summed E-state index contributed by atoms with van der Waals surface area (Å²) in [5.74, 6) is 8.83. The molecule has 1 unspecified atom stereocenters. The molecule has 1 saturated carbocycles. The first-order valence-corrected chi connectivity index (χ1v) is 14.1. The Bertz CT molecular complexity index is 717. The van der Waals surface area contributed by atoms with Gasteiger partial charge in [-0.3, -0.25) is 4.79 Å². The molecule has 6 heteroatoms. The largest absolute Gasteiger partial charge is 0.461 e. The summed E-state index contributed by atoms with van der Waals surface area (Å²) in [5.41, 5.74) is 0. The summed E-state index contributed by atoms with van der Waals surface area (Å²) in [6.45, 7) is 12.1. The molecule has 2 saturated heterocycles. The van der Waals surface area contributed by atoms with E-state index in [9.17, 15) is 4.79 Å². The second kappa shape index (κ2) is 9.45. The molecule has 0 radical (unpaired) electrons. The quantitative estimate of drug-likeness (QED) is 0.372. The van der Waals surface area contributed by atoms with Crippen molar-refractivity contribution in [3.63, 3.8) is 0 Å². The van der Waals surface area contributed by atoms with Gasteiger partial charge in [0.15, 0.2) is 14.6 Å². The van der Waals surface area contributed by atoms with E-state index in [-0.39, 0.29) is 47.3 Å². The SMILES string of the molecule is C#C[C@@H]1C[C@H]([C@@H](C#CCOC2CCCCO2)O[Si](C)(C)C(C)(C)C)[C@@H]2C[C@H]1OC2=O. The summed E-state index contributed by atoms with van der Waals surface area (Å²) < 4.78 is 23.7. The molecule has 166 valence electrons. The lowest BCUT2D eigenvalue weighted by Crippen LogP contribution is -2.48. The van der Waals surface area contributed by atoms with Gasteiger partial charge in [0.05, 0.1) is 11.8 Å². The van der Waals surface area contributed by atoms with Crippen molar-refractivity contribution in [3.8, 4) is 24.2 Å². The van der Waals surface area contributed by atoms with Crippen LogP contribution in [0.4, 0.5) is 0 Å². The monoisotopic (exact) mass is 432 g/mol. The third-order valence-electron chi connectivity index (χ3n) is 7.10. The van der Waals surface area contributed by atoms with E-state index in [0.717, 1.165) is 25.9 Å². The molecule has 0 spiro atoms. The normalized spacial score (nSPS) is 32.5. The molecule has 3 rings (SSSR count).